The zero-order chi connectivity index (χ0) is 10.8. The van der Waals surface area contributed by atoms with Crippen LogP contribution in [0.25, 0.3) is 0 Å². The molecular formula is C8H8ClFO2S2. The lowest BCUT2D eigenvalue weighted by Gasteiger charge is -2.02. The van der Waals surface area contributed by atoms with E-state index in [0.29, 0.717) is 0 Å². The van der Waals surface area contributed by atoms with Gasteiger partial charge in [-0.15, -0.1) is 11.8 Å². The average Bonchev–Trinajstić information content (AvgIpc) is 2.06. The van der Waals surface area contributed by atoms with Crippen molar-refractivity contribution in [2.45, 2.75) is 10.6 Å². The molecule has 0 unspecified atom stereocenters. The normalized spacial score (nSPS) is 11.6. The molecule has 0 fully saturated rings. The molecule has 0 radical (unpaired) electrons. The number of thioether (sulfide) groups is 1. The topological polar surface area (TPSA) is 34.1 Å². The van der Waals surface area contributed by atoms with Crippen molar-refractivity contribution in [3.8, 4) is 0 Å². The molecule has 0 aliphatic heterocycles. The second-order valence-electron chi connectivity index (χ2n) is 2.64. The first-order valence-electron chi connectivity index (χ1n) is 3.67. The minimum Gasteiger partial charge on any atom is -0.212 e. The molecular weight excluding hydrogens is 247 g/mol. The summed E-state index contributed by atoms with van der Waals surface area (Å²) in [5.74, 6) is -1.03. The summed E-state index contributed by atoms with van der Waals surface area (Å²) >= 11 is 1.41. The Balaban J connectivity index is 3.07. The molecule has 0 aliphatic rings. The molecule has 0 atom stereocenters. The number of benzene rings is 1. The van der Waals surface area contributed by atoms with Crippen molar-refractivity contribution in [3.63, 3.8) is 0 Å². The predicted molar refractivity (Wildman–Crippen MR) is 56.7 cm³/mol. The Morgan fingerprint density at radius 3 is 2.64 bits per heavy atom. The molecule has 0 saturated carbocycles. The fourth-order valence-electron chi connectivity index (χ4n) is 0.974. The van der Waals surface area contributed by atoms with Gasteiger partial charge in [0.05, 0.1) is 5.75 Å². The summed E-state index contributed by atoms with van der Waals surface area (Å²) in [5.41, 5.74) is 0.104. The van der Waals surface area contributed by atoms with E-state index in [-0.39, 0.29) is 5.56 Å². The predicted octanol–water partition coefficient (Wildman–Crippen LogP) is 2.62. The van der Waals surface area contributed by atoms with E-state index < -0.39 is 20.6 Å². The highest BCUT2D eigenvalue weighted by atomic mass is 35.7. The summed E-state index contributed by atoms with van der Waals surface area (Å²) in [5, 5.41) is 0. The lowest BCUT2D eigenvalue weighted by Crippen LogP contribution is -1.98. The van der Waals surface area contributed by atoms with Gasteiger partial charge in [0, 0.05) is 21.1 Å². The van der Waals surface area contributed by atoms with Gasteiger partial charge in [-0.1, -0.05) is 0 Å². The summed E-state index contributed by atoms with van der Waals surface area (Å²) in [6.07, 6.45) is 1.83. The highest BCUT2D eigenvalue weighted by Crippen LogP contribution is 2.21. The Morgan fingerprint density at radius 1 is 1.50 bits per heavy atom. The number of hydrogen-bond acceptors (Lipinski definition) is 3. The SMILES string of the molecule is CSc1ccc(F)c(CS(=O)(=O)Cl)c1. The Kier molecular flexibility index (Phi) is 3.80. The molecule has 2 nitrogen and oxygen atoms in total. The molecule has 6 heteroatoms. The maximum Gasteiger partial charge on any atom is 0.236 e. The Hall–Kier alpha value is -0.260. The van der Waals surface area contributed by atoms with Crippen molar-refractivity contribution in [1.82, 2.24) is 0 Å². The molecule has 0 saturated heterocycles. The van der Waals surface area contributed by atoms with E-state index in [4.69, 9.17) is 10.7 Å². The summed E-state index contributed by atoms with van der Waals surface area (Å²) < 4.78 is 34.6. The molecule has 0 N–H and O–H groups in total. The van der Waals surface area contributed by atoms with Crippen LogP contribution < -0.4 is 0 Å². The van der Waals surface area contributed by atoms with Crippen LogP contribution in [0.4, 0.5) is 4.39 Å². The quantitative estimate of drug-likeness (QED) is 0.614. The molecule has 0 heterocycles. The lowest BCUT2D eigenvalue weighted by atomic mass is 10.2. The second-order valence-corrected chi connectivity index (χ2v) is 6.30. The molecule has 0 aromatic heterocycles. The molecule has 0 aliphatic carbocycles. The Bertz CT molecular complexity index is 431. The summed E-state index contributed by atoms with van der Waals surface area (Å²) in [7, 11) is 1.33. The van der Waals surface area contributed by atoms with Gasteiger partial charge in [0.2, 0.25) is 9.05 Å². The number of rotatable bonds is 3. The lowest BCUT2D eigenvalue weighted by molar-refractivity contribution is 0.596. The van der Waals surface area contributed by atoms with Crippen LogP contribution in [-0.2, 0) is 14.8 Å². The maximum atomic E-state index is 13.1. The third-order valence-corrected chi connectivity index (χ3v) is 3.29. The zero-order valence-corrected chi connectivity index (χ0v) is 9.72. The smallest absolute Gasteiger partial charge is 0.212 e. The van der Waals surface area contributed by atoms with Gasteiger partial charge in [-0.2, -0.15) is 0 Å². The molecule has 0 spiro atoms. The fraction of sp³-hybridized carbons (Fsp3) is 0.250. The zero-order valence-electron chi connectivity index (χ0n) is 7.33. The van der Waals surface area contributed by atoms with Crippen molar-refractivity contribution in [2.24, 2.45) is 0 Å². The van der Waals surface area contributed by atoms with Crippen LogP contribution in [0.5, 0.6) is 0 Å². The van der Waals surface area contributed by atoms with Crippen LogP contribution in [0.2, 0.25) is 0 Å². The minimum atomic E-state index is -3.70. The van der Waals surface area contributed by atoms with Gasteiger partial charge in [0.25, 0.3) is 0 Å². The maximum absolute atomic E-state index is 13.1. The first-order valence-corrected chi connectivity index (χ1v) is 7.37. The third-order valence-electron chi connectivity index (χ3n) is 1.58. The molecule has 14 heavy (non-hydrogen) atoms. The molecule has 1 aromatic carbocycles. The van der Waals surface area contributed by atoms with Gasteiger partial charge in [-0.25, -0.2) is 12.8 Å². The van der Waals surface area contributed by atoms with Crippen LogP contribution >= 0.6 is 22.4 Å². The number of hydrogen-bond donors (Lipinski definition) is 0. The van der Waals surface area contributed by atoms with Gasteiger partial charge < -0.3 is 0 Å². The first-order chi connectivity index (χ1) is 6.42. The Morgan fingerprint density at radius 2 is 2.14 bits per heavy atom. The third kappa shape index (κ3) is 3.48. The van der Waals surface area contributed by atoms with E-state index in [2.05, 4.69) is 0 Å². The van der Waals surface area contributed by atoms with Crippen molar-refractivity contribution in [3.05, 3.63) is 29.6 Å². The fourth-order valence-corrected chi connectivity index (χ4v) is 2.38. The average molecular weight is 255 g/mol. The molecule has 0 bridgehead atoms. The van der Waals surface area contributed by atoms with Gasteiger partial charge >= 0.3 is 0 Å². The van der Waals surface area contributed by atoms with E-state index in [1.807, 2.05) is 6.26 Å². The van der Waals surface area contributed by atoms with Gasteiger partial charge in [0.1, 0.15) is 5.82 Å². The van der Waals surface area contributed by atoms with Crippen LogP contribution in [-0.4, -0.2) is 14.7 Å². The Labute approximate surface area is 90.9 Å². The van der Waals surface area contributed by atoms with Crippen molar-refractivity contribution in [2.75, 3.05) is 6.26 Å². The summed E-state index contributed by atoms with van der Waals surface area (Å²) in [4.78, 5) is 0.807. The van der Waals surface area contributed by atoms with E-state index in [9.17, 15) is 12.8 Å². The van der Waals surface area contributed by atoms with Crippen molar-refractivity contribution in [1.29, 1.82) is 0 Å². The monoisotopic (exact) mass is 254 g/mol. The van der Waals surface area contributed by atoms with Crippen LogP contribution in [0.15, 0.2) is 23.1 Å². The van der Waals surface area contributed by atoms with E-state index >= 15 is 0 Å². The van der Waals surface area contributed by atoms with Gasteiger partial charge in [-0.05, 0) is 24.5 Å². The summed E-state index contributed by atoms with van der Waals surface area (Å²) in [6.45, 7) is 0. The van der Waals surface area contributed by atoms with Crippen LogP contribution in [0, 0.1) is 5.82 Å². The van der Waals surface area contributed by atoms with E-state index in [1.165, 1.54) is 23.9 Å². The number of halogens is 2. The molecule has 78 valence electrons. The van der Waals surface area contributed by atoms with Crippen molar-refractivity contribution >= 4 is 31.5 Å². The largest absolute Gasteiger partial charge is 0.236 e. The van der Waals surface area contributed by atoms with Crippen LogP contribution in [0.1, 0.15) is 5.56 Å². The summed E-state index contributed by atoms with van der Waals surface area (Å²) in [6, 6.07) is 4.31. The van der Waals surface area contributed by atoms with Crippen molar-refractivity contribution < 1.29 is 12.8 Å². The molecule has 0 amide bonds. The van der Waals surface area contributed by atoms with Gasteiger partial charge in [0.15, 0.2) is 0 Å². The molecule has 1 rings (SSSR count). The highest BCUT2D eigenvalue weighted by molar-refractivity contribution is 8.13. The molecule has 1 aromatic rings. The van der Waals surface area contributed by atoms with E-state index in [0.717, 1.165) is 4.90 Å². The first kappa shape index (κ1) is 11.8. The standard InChI is InChI=1S/C8H8ClFO2S2/c1-13-7-2-3-8(10)6(4-7)5-14(9,11)12/h2-4H,5H2,1H3. The minimum absolute atomic E-state index is 0.104. The van der Waals surface area contributed by atoms with Crippen LogP contribution in [0.3, 0.4) is 0 Å². The second kappa shape index (κ2) is 4.51. The van der Waals surface area contributed by atoms with Gasteiger partial charge in [-0.3, -0.25) is 0 Å². The highest BCUT2D eigenvalue weighted by Gasteiger charge is 2.11. The van der Waals surface area contributed by atoms with E-state index in [1.54, 1.807) is 6.07 Å².